The number of aryl methyl sites for hydroxylation is 1. The Morgan fingerprint density at radius 1 is 1.33 bits per heavy atom. The zero-order chi connectivity index (χ0) is 15.2. The zero-order valence-electron chi connectivity index (χ0n) is 11.2. The van der Waals surface area contributed by atoms with Gasteiger partial charge in [0.1, 0.15) is 5.69 Å². The van der Waals surface area contributed by atoms with Crippen LogP contribution in [0.4, 0.5) is 0 Å². The van der Waals surface area contributed by atoms with Gasteiger partial charge in [0.25, 0.3) is 5.91 Å². The maximum absolute atomic E-state index is 11.9. The van der Waals surface area contributed by atoms with Crippen molar-refractivity contribution in [1.29, 1.82) is 0 Å². The molecule has 0 spiro atoms. The second-order valence-corrected chi connectivity index (χ2v) is 5.50. The summed E-state index contributed by atoms with van der Waals surface area (Å²) in [5.41, 5.74) is 0.899. The highest BCUT2D eigenvalue weighted by molar-refractivity contribution is 7.11. The number of carboxylic acids is 1. The van der Waals surface area contributed by atoms with E-state index in [0.717, 1.165) is 16.0 Å². The Bertz CT molecular complexity index is 677. The summed E-state index contributed by atoms with van der Waals surface area (Å²) in [6.45, 7) is 2.31. The second-order valence-electron chi connectivity index (χ2n) is 4.18. The van der Waals surface area contributed by atoms with Crippen molar-refractivity contribution in [2.45, 2.75) is 13.5 Å². The van der Waals surface area contributed by atoms with Crippen LogP contribution in [0.1, 0.15) is 25.9 Å². The van der Waals surface area contributed by atoms with Gasteiger partial charge in [-0.3, -0.25) is 9.78 Å². The van der Waals surface area contributed by atoms with Gasteiger partial charge in [-0.05, 0) is 24.6 Å². The summed E-state index contributed by atoms with van der Waals surface area (Å²) in [6, 6.07) is 3.19. The number of carbonyl (C=O) groups is 2. The Kier molecular flexibility index (Phi) is 4.78. The fourth-order valence-corrected chi connectivity index (χ4v) is 2.29. The summed E-state index contributed by atoms with van der Waals surface area (Å²) < 4.78 is 0. The Hall–Kier alpha value is -2.54. The van der Waals surface area contributed by atoms with E-state index in [1.54, 1.807) is 18.3 Å². The van der Waals surface area contributed by atoms with Crippen LogP contribution in [0.2, 0.25) is 0 Å². The number of rotatable bonds is 5. The number of amides is 1. The molecule has 0 atom stereocenters. The first-order valence-corrected chi connectivity index (χ1v) is 6.93. The predicted molar refractivity (Wildman–Crippen MR) is 78.9 cm³/mol. The molecular weight excluding hydrogens is 290 g/mol. The number of carbonyl (C=O) groups excluding carboxylic acids is 1. The summed E-state index contributed by atoms with van der Waals surface area (Å²) in [5.74, 6) is -1.31. The van der Waals surface area contributed by atoms with Crippen LogP contribution in [0, 0.1) is 6.92 Å². The lowest BCUT2D eigenvalue weighted by Gasteiger charge is -2.02. The molecule has 0 saturated heterocycles. The fraction of sp³-hybridized carbons (Fsp3) is 0.143. The standard InChI is InChI=1S/C14H13N3O3S/c1-9-15-7-11(21-9)8-17-14(20)12-4-2-10(6-16-12)3-5-13(18)19/h2-7H,8H2,1H3,(H,17,20)(H,18,19). The summed E-state index contributed by atoms with van der Waals surface area (Å²) in [6.07, 6.45) is 5.61. The molecule has 0 radical (unpaired) electrons. The lowest BCUT2D eigenvalue weighted by atomic mass is 10.2. The number of nitrogens with zero attached hydrogens (tertiary/aromatic N) is 2. The van der Waals surface area contributed by atoms with E-state index in [-0.39, 0.29) is 11.6 Å². The summed E-state index contributed by atoms with van der Waals surface area (Å²) in [7, 11) is 0. The van der Waals surface area contributed by atoms with Crippen molar-refractivity contribution in [3.63, 3.8) is 0 Å². The van der Waals surface area contributed by atoms with E-state index in [0.29, 0.717) is 12.1 Å². The molecular formula is C14H13N3O3S. The second kappa shape index (κ2) is 6.76. The minimum Gasteiger partial charge on any atom is -0.478 e. The van der Waals surface area contributed by atoms with E-state index >= 15 is 0 Å². The van der Waals surface area contributed by atoms with Crippen molar-refractivity contribution < 1.29 is 14.7 Å². The smallest absolute Gasteiger partial charge is 0.328 e. The van der Waals surface area contributed by atoms with Gasteiger partial charge in [-0.25, -0.2) is 9.78 Å². The number of nitrogens with one attached hydrogen (secondary N) is 1. The third-order valence-corrected chi connectivity index (χ3v) is 3.44. The molecule has 1 amide bonds. The maximum atomic E-state index is 11.9. The number of hydrogen-bond donors (Lipinski definition) is 2. The van der Waals surface area contributed by atoms with Crippen molar-refractivity contribution in [1.82, 2.24) is 15.3 Å². The van der Waals surface area contributed by atoms with Crippen LogP contribution in [0.3, 0.4) is 0 Å². The SMILES string of the molecule is Cc1ncc(CNC(=O)c2ccc(C=CC(=O)O)cn2)s1. The van der Waals surface area contributed by atoms with Crippen LogP contribution in [-0.2, 0) is 11.3 Å². The summed E-state index contributed by atoms with van der Waals surface area (Å²) in [4.78, 5) is 31.4. The molecule has 0 saturated carbocycles. The van der Waals surface area contributed by atoms with Crippen molar-refractivity contribution >= 4 is 29.3 Å². The van der Waals surface area contributed by atoms with Crippen LogP contribution in [0.5, 0.6) is 0 Å². The number of aliphatic carboxylic acids is 1. The molecule has 0 bridgehead atoms. The Labute approximate surface area is 125 Å². The lowest BCUT2D eigenvalue weighted by molar-refractivity contribution is -0.131. The van der Waals surface area contributed by atoms with Crippen molar-refractivity contribution in [3.05, 3.63) is 51.7 Å². The average Bonchev–Trinajstić information content (AvgIpc) is 2.89. The molecule has 0 fully saturated rings. The van der Waals surface area contributed by atoms with Crippen molar-refractivity contribution in [2.75, 3.05) is 0 Å². The molecule has 2 aromatic rings. The summed E-state index contributed by atoms with van der Waals surface area (Å²) in [5, 5.41) is 12.2. The van der Waals surface area contributed by atoms with Gasteiger partial charge in [0.15, 0.2) is 0 Å². The maximum Gasteiger partial charge on any atom is 0.328 e. The van der Waals surface area contributed by atoms with Gasteiger partial charge in [0, 0.05) is 23.3 Å². The molecule has 0 aliphatic carbocycles. The van der Waals surface area contributed by atoms with E-state index in [9.17, 15) is 9.59 Å². The van der Waals surface area contributed by atoms with Gasteiger partial charge in [0.2, 0.25) is 0 Å². The highest BCUT2D eigenvalue weighted by atomic mass is 32.1. The third-order valence-electron chi connectivity index (χ3n) is 2.53. The number of hydrogen-bond acceptors (Lipinski definition) is 5. The molecule has 0 aliphatic rings. The number of thiazole rings is 1. The molecule has 2 rings (SSSR count). The van der Waals surface area contributed by atoms with Crippen molar-refractivity contribution in [3.8, 4) is 0 Å². The van der Waals surface area contributed by atoms with Crippen LogP contribution >= 0.6 is 11.3 Å². The quantitative estimate of drug-likeness (QED) is 0.823. The molecule has 0 unspecified atom stereocenters. The number of aromatic nitrogens is 2. The molecule has 7 heteroatoms. The highest BCUT2D eigenvalue weighted by Crippen LogP contribution is 2.11. The highest BCUT2D eigenvalue weighted by Gasteiger charge is 2.07. The number of pyridine rings is 1. The first kappa shape index (κ1) is 14.9. The largest absolute Gasteiger partial charge is 0.478 e. The monoisotopic (exact) mass is 303 g/mol. The molecule has 2 aromatic heterocycles. The minimum atomic E-state index is -1.03. The van der Waals surface area contributed by atoms with Gasteiger partial charge in [0.05, 0.1) is 11.6 Å². The molecule has 0 aromatic carbocycles. The Morgan fingerprint density at radius 3 is 2.71 bits per heavy atom. The van der Waals surface area contributed by atoms with E-state index in [4.69, 9.17) is 5.11 Å². The Morgan fingerprint density at radius 2 is 2.14 bits per heavy atom. The first-order chi connectivity index (χ1) is 10.0. The zero-order valence-corrected chi connectivity index (χ0v) is 12.1. The number of carboxylic acid groups (broad SMARTS) is 1. The van der Waals surface area contributed by atoms with Crippen LogP contribution < -0.4 is 5.32 Å². The third kappa shape index (κ3) is 4.50. The van der Waals surface area contributed by atoms with Gasteiger partial charge in [-0.15, -0.1) is 11.3 Å². The molecule has 6 nitrogen and oxygen atoms in total. The van der Waals surface area contributed by atoms with Gasteiger partial charge >= 0.3 is 5.97 Å². The van der Waals surface area contributed by atoms with E-state index < -0.39 is 5.97 Å². The minimum absolute atomic E-state index is 0.281. The molecule has 21 heavy (non-hydrogen) atoms. The topological polar surface area (TPSA) is 92.2 Å². The van der Waals surface area contributed by atoms with Gasteiger partial charge in [-0.2, -0.15) is 0 Å². The fourth-order valence-electron chi connectivity index (χ4n) is 1.55. The summed E-state index contributed by atoms with van der Waals surface area (Å²) >= 11 is 1.53. The van der Waals surface area contributed by atoms with Crippen LogP contribution in [-0.4, -0.2) is 27.0 Å². The van der Waals surface area contributed by atoms with Gasteiger partial charge < -0.3 is 10.4 Å². The average molecular weight is 303 g/mol. The first-order valence-electron chi connectivity index (χ1n) is 6.11. The van der Waals surface area contributed by atoms with Crippen LogP contribution in [0.15, 0.2) is 30.6 Å². The van der Waals surface area contributed by atoms with Gasteiger partial charge in [-0.1, -0.05) is 6.07 Å². The predicted octanol–water partition coefficient (Wildman–Crippen LogP) is 1.87. The molecule has 0 aliphatic heterocycles. The lowest BCUT2D eigenvalue weighted by Crippen LogP contribution is -2.23. The molecule has 2 N–H and O–H groups in total. The van der Waals surface area contributed by atoms with Crippen LogP contribution in [0.25, 0.3) is 6.08 Å². The Balaban J connectivity index is 1.95. The van der Waals surface area contributed by atoms with E-state index in [2.05, 4.69) is 15.3 Å². The van der Waals surface area contributed by atoms with E-state index in [1.807, 2.05) is 6.92 Å². The van der Waals surface area contributed by atoms with E-state index in [1.165, 1.54) is 23.6 Å². The molecule has 108 valence electrons. The molecule has 2 heterocycles. The van der Waals surface area contributed by atoms with Crippen molar-refractivity contribution in [2.24, 2.45) is 0 Å². The normalized spacial score (nSPS) is 10.7.